The van der Waals surface area contributed by atoms with E-state index >= 15 is 0 Å². The zero-order valence-electron chi connectivity index (χ0n) is 10.8. The number of hydrogen-bond donors (Lipinski definition) is 1. The third-order valence-corrected chi connectivity index (χ3v) is 3.92. The molecule has 6 nitrogen and oxygen atoms in total. The van der Waals surface area contributed by atoms with E-state index in [-0.39, 0.29) is 11.8 Å². The van der Waals surface area contributed by atoms with Crippen molar-refractivity contribution in [2.24, 2.45) is 13.0 Å². The van der Waals surface area contributed by atoms with Gasteiger partial charge in [0.2, 0.25) is 5.91 Å². The van der Waals surface area contributed by atoms with E-state index in [1.807, 2.05) is 16.3 Å². The number of aromatic nitrogens is 3. The molecule has 0 radical (unpaired) electrons. The van der Waals surface area contributed by atoms with E-state index in [0.717, 1.165) is 30.7 Å². The van der Waals surface area contributed by atoms with E-state index in [1.54, 1.807) is 13.4 Å². The van der Waals surface area contributed by atoms with E-state index in [2.05, 4.69) is 15.3 Å². The van der Waals surface area contributed by atoms with Crippen LogP contribution in [0.1, 0.15) is 12.8 Å². The number of amides is 1. The lowest BCUT2D eigenvalue weighted by molar-refractivity contribution is -0.126. The summed E-state index contributed by atoms with van der Waals surface area (Å²) in [4.78, 5) is 13.8. The van der Waals surface area contributed by atoms with Gasteiger partial charge in [-0.3, -0.25) is 9.69 Å². The first-order valence-corrected chi connectivity index (χ1v) is 6.55. The predicted octanol–water partition coefficient (Wildman–Crippen LogP) is 0.367. The topological polar surface area (TPSA) is 55.1 Å². The lowest BCUT2D eigenvalue weighted by Crippen LogP contribution is -2.40. The van der Waals surface area contributed by atoms with Crippen LogP contribution in [-0.4, -0.2) is 45.3 Å². The van der Waals surface area contributed by atoms with Gasteiger partial charge in [0, 0.05) is 33.1 Å². The number of carbonyl (C=O) groups is 1. The first-order valence-electron chi connectivity index (χ1n) is 6.14. The molecule has 0 spiro atoms. The Morgan fingerprint density at radius 3 is 2.72 bits per heavy atom. The van der Waals surface area contributed by atoms with Gasteiger partial charge in [-0.05, 0) is 25.1 Å². The zero-order valence-corrected chi connectivity index (χ0v) is 11.6. The number of aryl methyl sites for hydroxylation is 1. The fourth-order valence-corrected chi connectivity index (χ4v) is 2.40. The highest BCUT2D eigenvalue weighted by molar-refractivity contribution is 7.71. The first-order chi connectivity index (χ1) is 8.61. The second-order valence-corrected chi connectivity index (χ2v) is 5.04. The van der Waals surface area contributed by atoms with Crippen molar-refractivity contribution in [3.8, 4) is 0 Å². The van der Waals surface area contributed by atoms with Crippen molar-refractivity contribution in [1.82, 2.24) is 24.6 Å². The summed E-state index contributed by atoms with van der Waals surface area (Å²) in [6, 6.07) is 0. The molecule has 2 heterocycles. The minimum atomic E-state index is 0.156. The highest BCUT2D eigenvalue weighted by Gasteiger charge is 2.24. The van der Waals surface area contributed by atoms with Crippen LogP contribution in [0.3, 0.4) is 0 Å². The number of rotatable bonds is 3. The summed E-state index contributed by atoms with van der Waals surface area (Å²) in [5.41, 5.74) is 0. The average molecular weight is 269 g/mol. The molecule has 1 saturated heterocycles. The van der Waals surface area contributed by atoms with E-state index < -0.39 is 0 Å². The van der Waals surface area contributed by atoms with Gasteiger partial charge in [0.05, 0.1) is 6.67 Å². The van der Waals surface area contributed by atoms with E-state index in [0.29, 0.717) is 6.67 Å². The molecule has 0 saturated carbocycles. The summed E-state index contributed by atoms with van der Waals surface area (Å²) in [6.45, 7) is 2.53. The number of likely N-dealkylation sites (tertiary alicyclic amines) is 1. The Bertz CT molecular complexity index is 472. The molecule has 1 aromatic rings. The van der Waals surface area contributed by atoms with Gasteiger partial charge in [-0.25, -0.2) is 4.68 Å². The number of hydrogen-bond acceptors (Lipinski definition) is 4. The normalized spacial score (nSPS) is 17.9. The summed E-state index contributed by atoms with van der Waals surface area (Å²) < 4.78 is 4.37. The lowest BCUT2D eigenvalue weighted by atomic mass is 9.96. The second kappa shape index (κ2) is 5.62. The molecule has 18 heavy (non-hydrogen) atoms. The molecule has 0 unspecified atom stereocenters. The third kappa shape index (κ3) is 2.78. The maximum atomic E-state index is 11.5. The molecule has 0 atom stereocenters. The summed E-state index contributed by atoms with van der Waals surface area (Å²) >= 11 is 5.25. The fraction of sp³-hybridized carbons (Fsp3) is 0.727. The molecule has 1 aliphatic heterocycles. The maximum absolute atomic E-state index is 11.5. The minimum Gasteiger partial charge on any atom is -0.359 e. The molecule has 1 fully saturated rings. The first kappa shape index (κ1) is 13.2. The summed E-state index contributed by atoms with van der Waals surface area (Å²) in [7, 11) is 3.59. The van der Waals surface area contributed by atoms with Crippen molar-refractivity contribution < 1.29 is 4.79 Å². The van der Waals surface area contributed by atoms with Crippen LogP contribution in [-0.2, 0) is 18.5 Å². The zero-order chi connectivity index (χ0) is 13.1. The SMILES string of the molecule is CNC(=O)C1CCN(Cn2ncn(C)c2=S)CC1. The van der Waals surface area contributed by atoms with E-state index in [4.69, 9.17) is 12.2 Å². The van der Waals surface area contributed by atoms with Crippen molar-refractivity contribution in [3.05, 3.63) is 11.1 Å². The highest BCUT2D eigenvalue weighted by Crippen LogP contribution is 2.17. The molecule has 2 rings (SSSR count). The second-order valence-electron chi connectivity index (χ2n) is 4.67. The number of carbonyl (C=O) groups excluding carboxylic acids is 1. The number of nitrogens with one attached hydrogen (secondary N) is 1. The van der Waals surface area contributed by atoms with Gasteiger partial charge >= 0.3 is 0 Å². The molecule has 100 valence electrons. The molecular weight excluding hydrogens is 250 g/mol. The highest BCUT2D eigenvalue weighted by atomic mass is 32.1. The van der Waals surface area contributed by atoms with Crippen LogP contribution in [0.15, 0.2) is 6.33 Å². The van der Waals surface area contributed by atoms with Gasteiger partial charge in [-0.1, -0.05) is 0 Å². The molecule has 1 aliphatic rings. The number of nitrogens with zero attached hydrogens (tertiary/aromatic N) is 4. The van der Waals surface area contributed by atoms with Crippen molar-refractivity contribution in [2.75, 3.05) is 20.1 Å². The fourth-order valence-electron chi connectivity index (χ4n) is 2.25. The van der Waals surface area contributed by atoms with Crippen LogP contribution in [0.25, 0.3) is 0 Å². The molecule has 0 aliphatic carbocycles. The van der Waals surface area contributed by atoms with Gasteiger partial charge in [0.25, 0.3) is 0 Å². The van der Waals surface area contributed by atoms with Gasteiger partial charge in [-0.15, -0.1) is 0 Å². The van der Waals surface area contributed by atoms with Crippen LogP contribution in [0.5, 0.6) is 0 Å². The average Bonchev–Trinajstić information content (AvgIpc) is 2.71. The molecule has 1 aromatic heterocycles. The van der Waals surface area contributed by atoms with Crippen molar-refractivity contribution in [2.45, 2.75) is 19.5 Å². The summed E-state index contributed by atoms with van der Waals surface area (Å²) in [6.07, 6.45) is 3.53. The van der Waals surface area contributed by atoms with Crippen molar-refractivity contribution >= 4 is 18.1 Å². The molecule has 0 bridgehead atoms. The van der Waals surface area contributed by atoms with Crippen molar-refractivity contribution in [1.29, 1.82) is 0 Å². The minimum absolute atomic E-state index is 0.156. The molecule has 1 amide bonds. The monoisotopic (exact) mass is 269 g/mol. The van der Waals surface area contributed by atoms with Gasteiger partial charge < -0.3 is 9.88 Å². The molecule has 1 N–H and O–H groups in total. The standard InChI is InChI=1S/C11H19N5OS/c1-12-10(17)9-3-5-15(6-4-9)8-16-11(18)14(2)7-13-16/h7,9H,3-6,8H2,1-2H3,(H,12,17). The van der Waals surface area contributed by atoms with Crippen LogP contribution in [0, 0.1) is 10.7 Å². The summed E-state index contributed by atoms with van der Waals surface area (Å²) in [5, 5.41) is 6.95. The smallest absolute Gasteiger partial charge is 0.222 e. The Labute approximate surface area is 112 Å². The predicted molar refractivity (Wildman–Crippen MR) is 70.4 cm³/mol. The Morgan fingerprint density at radius 2 is 2.22 bits per heavy atom. The third-order valence-electron chi connectivity index (χ3n) is 3.43. The maximum Gasteiger partial charge on any atom is 0.222 e. The van der Waals surface area contributed by atoms with E-state index in [1.165, 1.54) is 0 Å². The Morgan fingerprint density at radius 1 is 1.56 bits per heavy atom. The van der Waals surface area contributed by atoms with Crippen LogP contribution < -0.4 is 5.32 Å². The quantitative estimate of drug-likeness (QED) is 0.805. The van der Waals surface area contributed by atoms with Crippen LogP contribution in [0.2, 0.25) is 0 Å². The largest absolute Gasteiger partial charge is 0.359 e. The van der Waals surface area contributed by atoms with Gasteiger partial charge in [-0.2, -0.15) is 5.10 Å². The molecule has 7 heteroatoms. The lowest BCUT2D eigenvalue weighted by Gasteiger charge is -2.30. The van der Waals surface area contributed by atoms with Crippen molar-refractivity contribution in [3.63, 3.8) is 0 Å². The van der Waals surface area contributed by atoms with Crippen LogP contribution in [0.4, 0.5) is 0 Å². The van der Waals surface area contributed by atoms with E-state index in [9.17, 15) is 4.79 Å². The number of piperidine rings is 1. The Kier molecular flexibility index (Phi) is 4.13. The summed E-state index contributed by atoms with van der Waals surface area (Å²) in [5.74, 6) is 0.312. The Balaban J connectivity index is 1.89. The molecular formula is C11H19N5OS. The molecule has 0 aromatic carbocycles. The van der Waals surface area contributed by atoms with Crippen LogP contribution >= 0.6 is 12.2 Å². The Hall–Kier alpha value is -1.21. The van der Waals surface area contributed by atoms with Gasteiger partial charge in [0.1, 0.15) is 6.33 Å². The van der Waals surface area contributed by atoms with Gasteiger partial charge in [0.15, 0.2) is 4.77 Å².